The van der Waals surface area contributed by atoms with Crippen molar-refractivity contribution in [3.05, 3.63) is 136 Å². The van der Waals surface area contributed by atoms with Gasteiger partial charge in [-0.25, -0.2) is 0 Å². The van der Waals surface area contributed by atoms with Crippen LogP contribution in [0.25, 0.3) is 5.57 Å². The van der Waals surface area contributed by atoms with Crippen LogP contribution in [0.15, 0.2) is 113 Å². The van der Waals surface area contributed by atoms with Gasteiger partial charge in [-0.05, 0) is 84.4 Å². The molecule has 2 aromatic rings. The molecule has 2 aromatic carbocycles. The molecule has 0 fully saturated rings. The maximum atomic E-state index is 6.69. The molecule has 1 heteroatoms. The Bertz CT molecular complexity index is 1210. The summed E-state index contributed by atoms with van der Waals surface area (Å²) in [4.78, 5) is 0. The fourth-order valence-electron chi connectivity index (χ4n) is 4.99. The molecule has 0 atom stereocenters. The van der Waals surface area contributed by atoms with Crippen LogP contribution in [-0.4, -0.2) is 0 Å². The first-order chi connectivity index (χ1) is 16.5. The Morgan fingerprint density at radius 2 is 1.79 bits per heavy atom. The Morgan fingerprint density at radius 1 is 1.00 bits per heavy atom. The Labute approximate surface area is 205 Å². The Morgan fingerprint density at radius 3 is 2.53 bits per heavy atom. The van der Waals surface area contributed by atoms with E-state index in [-0.39, 0.29) is 0 Å². The number of rotatable bonds is 8. The minimum absolute atomic E-state index is 0.810. The third-order valence-electron chi connectivity index (χ3n) is 6.94. The highest BCUT2D eigenvalue weighted by atomic mass is 14.6. The normalized spacial score (nSPS) is 17.1. The number of hydrogen-bond acceptors (Lipinski definition) is 1. The van der Waals surface area contributed by atoms with Crippen LogP contribution in [0.5, 0.6) is 0 Å². The molecular formula is C33H37N. The lowest BCUT2D eigenvalue weighted by Gasteiger charge is -2.19. The summed E-state index contributed by atoms with van der Waals surface area (Å²) >= 11 is 0. The predicted molar refractivity (Wildman–Crippen MR) is 147 cm³/mol. The summed E-state index contributed by atoms with van der Waals surface area (Å²) in [7, 11) is 0. The topological polar surface area (TPSA) is 26.0 Å². The summed E-state index contributed by atoms with van der Waals surface area (Å²) in [6.45, 7) is 8.89. The highest BCUT2D eigenvalue weighted by Crippen LogP contribution is 2.32. The average Bonchev–Trinajstić information content (AvgIpc) is 2.86. The summed E-state index contributed by atoms with van der Waals surface area (Å²) in [6.07, 6.45) is 18.6. The molecule has 0 saturated heterocycles. The van der Waals surface area contributed by atoms with Crippen LogP contribution in [0.3, 0.4) is 0 Å². The molecule has 0 heterocycles. The maximum absolute atomic E-state index is 6.69. The van der Waals surface area contributed by atoms with Crippen molar-refractivity contribution in [2.75, 3.05) is 0 Å². The van der Waals surface area contributed by atoms with Crippen molar-refractivity contribution in [2.24, 2.45) is 5.73 Å². The molecule has 174 valence electrons. The van der Waals surface area contributed by atoms with E-state index in [0.717, 1.165) is 48.9 Å². The van der Waals surface area contributed by atoms with Crippen LogP contribution in [0.1, 0.15) is 68.2 Å². The van der Waals surface area contributed by atoms with Crippen molar-refractivity contribution in [3.63, 3.8) is 0 Å². The highest BCUT2D eigenvalue weighted by molar-refractivity contribution is 5.80. The Balaban J connectivity index is 1.54. The molecule has 0 amide bonds. The number of benzene rings is 2. The molecule has 2 aliphatic rings. The van der Waals surface area contributed by atoms with E-state index in [2.05, 4.69) is 99.3 Å². The average molecular weight is 448 g/mol. The minimum atomic E-state index is 0.810. The third kappa shape index (κ3) is 5.78. The Hall–Kier alpha value is -3.32. The molecule has 2 aliphatic carbocycles. The van der Waals surface area contributed by atoms with E-state index in [4.69, 9.17) is 5.73 Å². The number of hydrogen-bond donors (Lipinski definition) is 1. The van der Waals surface area contributed by atoms with E-state index in [9.17, 15) is 0 Å². The van der Waals surface area contributed by atoms with Gasteiger partial charge in [-0.3, -0.25) is 0 Å². The second kappa shape index (κ2) is 11.2. The van der Waals surface area contributed by atoms with Gasteiger partial charge in [0.1, 0.15) is 0 Å². The van der Waals surface area contributed by atoms with Crippen molar-refractivity contribution < 1.29 is 0 Å². The molecule has 0 spiro atoms. The lowest BCUT2D eigenvalue weighted by molar-refractivity contribution is 0.892. The highest BCUT2D eigenvalue weighted by Gasteiger charge is 2.15. The summed E-state index contributed by atoms with van der Waals surface area (Å²) in [5.41, 5.74) is 19.1. The van der Waals surface area contributed by atoms with Crippen LogP contribution in [-0.2, 0) is 12.8 Å². The second-order valence-electron chi connectivity index (χ2n) is 9.61. The molecule has 0 aromatic heterocycles. The minimum Gasteiger partial charge on any atom is -0.398 e. The standard InChI is InChI=1S/C33H37N/c1-4-11-29-18-19-31(20-24(29)2)33(34)25(3)32-17-9-8-16-30(32)23-28-15-10-14-27(22-28)21-26-12-6-5-7-13-26/h5-6,8-10,12,14-19,22H,3-4,7,11,13,20-21,23,34H2,1-2H3/b33-31+. The molecule has 2 N–H and O–H groups in total. The zero-order valence-electron chi connectivity index (χ0n) is 20.7. The van der Waals surface area contributed by atoms with Gasteiger partial charge in [0.2, 0.25) is 0 Å². The van der Waals surface area contributed by atoms with Crippen molar-refractivity contribution in [1.29, 1.82) is 0 Å². The van der Waals surface area contributed by atoms with Crippen LogP contribution in [0, 0.1) is 0 Å². The first-order valence-electron chi connectivity index (χ1n) is 12.6. The molecular weight excluding hydrogens is 410 g/mol. The van der Waals surface area contributed by atoms with Crippen LogP contribution in [0.4, 0.5) is 0 Å². The molecule has 4 rings (SSSR count). The largest absolute Gasteiger partial charge is 0.398 e. The fraction of sp³-hybridized carbons (Fsp3) is 0.273. The summed E-state index contributed by atoms with van der Waals surface area (Å²) in [5.74, 6) is 0. The molecule has 0 aliphatic heterocycles. The fourth-order valence-corrected chi connectivity index (χ4v) is 4.99. The third-order valence-corrected chi connectivity index (χ3v) is 6.94. The zero-order chi connectivity index (χ0) is 23.9. The van der Waals surface area contributed by atoms with Gasteiger partial charge in [-0.2, -0.15) is 0 Å². The second-order valence-corrected chi connectivity index (χ2v) is 9.61. The Kier molecular flexibility index (Phi) is 7.85. The predicted octanol–water partition coefficient (Wildman–Crippen LogP) is 8.40. The molecule has 0 saturated carbocycles. The summed E-state index contributed by atoms with van der Waals surface area (Å²) in [6, 6.07) is 17.6. The quantitative estimate of drug-likeness (QED) is 0.432. The number of nitrogens with two attached hydrogens (primary N) is 1. The van der Waals surface area contributed by atoms with Crippen molar-refractivity contribution >= 4 is 5.57 Å². The SMILES string of the molecule is C=C(/C(N)=C1/C=CC(CCC)=C(C)C1)c1ccccc1Cc1cccc(CC2=CC=CCC2)c1. The lowest BCUT2D eigenvalue weighted by Crippen LogP contribution is -2.08. The van der Waals surface area contributed by atoms with Gasteiger partial charge in [0.15, 0.2) is 0 Å². The monoisotopic (exact) mass is 447 g/mol. The van der Waals surface area contributed by atoms with Gasteiger partial charge in [-0.1, -0.05) is 110 Å². The van der Waals surface area contributed by atoms with Gasteiger partial charge in [0, 0.05) is 5.70 Å². The van der Waals surface area contributed by atoms with E-state index in [1.54, 1.807) is 0 Å². The first-order valence-corrected chi connectivity index (χ1v) is 12.6. The molecule has 1 nitrogen and oxygen atoms in total. The van der Waals surface area contributed by atoms with E-state index in [1.807, 2.05) is 0 Å². The molecule has 34 heavy (non-hydrogen) atoms. The van der Waals surface area contributed by atoms with Crippen molar-refractivity contribution in [2.45, 2.75) is 58.8 Å². The van der Waals surface area contributed by atoms with Crippen LogP contribution in [0.2, 0.25) is 0 Å². The van der Waals surface area contributed by atoms with E-state index in [1.165, 1.54) is 51.8 Å². The number of allylic oxidation sites excluding steroid dienone is 10. The van der Waals surface area contributed by atoms with Gasteiger partial charge in [0.25, 0.3) is 0 Å². The van der Waals surface area contributed by atoms with Gasteiger partial charge < -0.3 is 5.73 Å². The van der Waals surface area contributed by atoms with Gasteiger partial charge in [-0.15, -0.1) is 0 Å². The van der Waals surface area contributed by atoms with Gasteiger partial charge in [0.05, 0.1) is 0 Å². The van der Waals surface area contributed by atoms with Crippen molar-refractivity contribution in [3.8, 4) is 0 Å². The smallest absolute Gasteiger partial charge is 0.0423 e. The van der Waals surface area contributed by atoms with E-state index < -0.39 is 0 Å². The summed E-state index contributed by atoms with van der Waals surface area (Å²) in [5, 5.41) is 0. The maximum Gasteiger partial charge on any atom is 0.0423 e. The van der Waals surface area contributed by atoms with Gasteiger partial charge >= 0.3 is 0 Å². The van der Waals surface area contributed by atoms with E-state index in [0.29, 0.717) is 0 Å². The van der Waals surface area contributed by atoms with Crippen LogP contribution < -0.4 is 5.73 Å². The van der Waals surface area contributed by atoms with E-state index >= 15 is 0 Å². The first kappa shape index (κ1) is 23.8. The lowest BCUT2D eigenvalue weighted by atomic mass is 9.87. The van der Waals surface area contributed by atoms with Crippen LogP contribution >= 0.6 is 0 Å². The molecule has 0 bridgehead atoms. The zero-order valence-corrected chi connectivity index (χ0v) is 20.7. The molecule has 0 radical (unpaired) electrons. The summed E-state index contributed by atoms with van der Waals surface area (Å²) < 4.78 is 0. The molecule has 0 unspecified atom stereocenters. The van der Waals surface area contributed by atoms with Crippen molar-refractivity contribution in [1.82, 2.24) is 0 Å².